The highest BCUT2D eigenvalue weighted by atomic mass is 79.9. The summed E-state index contributed by atoms with van der Waals surface area (Å²) in [4.78, 5) is 0.344. The van der Waals surface area contributed by atoms with Crippen molar-refractivity contribution in [2.24, 2.45) is 0 Å². The second-order valence-electron chi connectivity index (χ2n) is 4.43. The molecule has 0 saturated heterocycles. The molecule has 0 aliphatic carbocycles. The lowest BCUT2D eigenvalue weighted by Gasteiger charge is -2.08. The minimum Gasteiger partial charge on any atom is -0.399 e. The van der Waals surface area contributed by atoms with Crippen molar-refractivity contribution >= 4 is 31.5 Å². The molecule has 100 valence electrons. The summed E-state index contributed by atoms with van der Waals surface area (Å²) in [6.45, 7) is 1.87. The zero-order chi connectivity index (χ0) is 14.0. The van der Waals surface area contributed by atoms with Gasteiger partial charge in [0.2, 0.25) is 0 Å². The van der Waals surface area contributed by atoms with E-state index in [1.165, 1.54) is 0 Å². The first kappa shape index (κ1) is 14.1. The van der Waals surface area contributed by atoms with Gasteiger partial charge in [-0.1, -0.05) is 34.1 Å². The summed E-state index contributed by atoms with van der Waals surface area (Å²) in [7, 11) is -3.34. The molecule has 2 aromatic carbocycles. The van der Waals surface area contributed by atoms with Crippen LogP contribution in [0.25, 0.3) is 0 Å². The number of anilines is 1. The lowest BCUT2D eigenvalue weighted by molar-refractivity contribution is 0.595. The van der Waals surface area contributed by atoms with Crippen molar-refractivity contribution in [3.63, 3.8) is 0 Å². The molecule has 2 aromatic rings. The Labute approximate surface area is 121 Å². The minimum atomic E-state index is -3.34. The largest absolute Gasteiger partial charge is 0.399 e. The summed E-state index contributed by atoms with van der Waals surface area (Å²) in [5.41, 5.74) is 7.88. The van der Waals surface area contributed by atoms with Gasteiger partial charge in [-0.2, -0.15) is 0 Å². The van der Waals surface area contributed by atoms with Gasteiger partial charge >= 0.3 is 0 Å². The number of nitrogens with two attached hydrogens (primary N) is 1. The van der Waals surface area contributed by atoms with Crippen LogP contribution < -0.4 is 5.73 Å². The first-order valence-electron chi connectivity index (χ1n) is 5.72. The predicted octanol–water partition coefficient (Wildman–Crippen LogP) is 3.31. The summed E-state index contributed by atoms with van der Waals surface area (Å²) in [6, 6.07) is 12.1. The molecule has 0 amide bonds. The van der Waals surface area contributed by atoms with Gasteiger partial charge in [0.1, 0.15) is 0 Å². The molecule has 0 unspecified atom stereocenters. The maximum Gasteiger partial charge on any atom is 0.182 e. The standard InChI is InChI=1S/C14H14BrNO2S/c1-10-3-2-4-13(7-10)19(17,18)9-11-5-6-12(16)8-14(11)15/h2-8H,9,16H2,1H3. The van der Waals surface area contributed by atoms with E-state index >= 15 is 0 Å². The minimum absolute atomic E-state index is 0.0443. The van der Waals surface area contributed by atoms with Crippen LogP contribution in [0.5, 0.6) is 0 Å². The molecule has 2 rings (SSSR count). The van der Waals surface area contributed by atoms with E-state index in [0.29, 0.717) is 20.6 Å². The van der Waals surface area contributed by atoms with Gasteiger partial charge in [0.05, 0.1) is 10.6 Å². The molecule has 0 aromatic heterocycles. The molecule has 3 nitrogen and oxygen atoms in total. The highest BCUT2D eigenvalue weighted by Gasteiger charge is 2.17. The maximum atomic E-state index is 12.3. The molecule has 0 saturated carbocycles. The third-order valence-corrected chi connectivity index (χ3v) is 5.17. The molecule has 0 aliphatic heterocycles. The van der Waals surface area contributed by atoms with Gasteiger partial charge in [-0.25, -0.2) is 8.42 Å². The smallest absolute Gasteiger partial charge is 0.182 e. The second-order valence-corrected chi connectivity index (χ2v) is 7.27. The molecule has 0 fully saturated rings. The van der Waals surface area contributed by atoms with Gasteiger partial charge in [-0.3, -0.25) is 0 Å². The predicted molar refractivity (Wildman–Crippen MR) is 80.6 cm³/mol. The maximum absolute atomic E-state index is 12.3. The molecule has 0 radical (unpaired) electrons. The average molecular weight is 340 g/mol. The Morgan fingerprint density at radius 2 is 1.89 bits per heavy atom. The molecule has 0 spiro atoms. The molecule has 2 N–H and O–H groups in total. The lowest BCUT2D eigenvalue weighted by atomic mass is 10.2. The molecule has 0 bridgehead atoms. The van der Waals surface area contributed by atoms with E-state index in [0.717, 1.165) is 5.56 Å². The summed E-state index contributed by atoms with van der Waals surface area (Å²) < 4.78 is 25.4. The van der Waals surface area contributed by atoms with Crippen LogP contribution in [-0.2, 0) is 15.6 Å². The first-order chi connectivity index (χ1) is 8.88. The lowest BCUT2D eigenvalue weighted by Crippen LogP contribution is -2.06. The molecule has 19 heavy (non-hydrogen) atoms. The van der Waals surface area contributed by atoms with Crippen LogP contribution in [0.1, 0.15) is 11.1 Å². The Hall–Kier alpha value is -1.33. The van der Waals surface area contributed by atoms with E-state index in [1.54, 1.807) is 36.4 Å². The van der Waals surface area contributed by atoms with Gasteiger partial charge in [0.15, 0.2) is 9.84 Å². The van der Waals surface area contributed by atoms with Crippen molar-refractivity contribution in [1.82, 2.24) is 0 Å². The Balaban J connectivity index is 2.36. The van der Waals surface area contributed by atoms with Crippen LogP contribution in [0.2, 0.25) is 0 Å². The van der Waals surface area contributed by atoms with Gasteiger partial charge in [0, 0.05) is 10.2 Å². The number of halogens is 1. The van der Waals surface area contributed by atoms with Crippen molar-refractivity contribution in [2.45, 2.75) is 17.6 Å². The first-order valence-corrected chi connectivity index (χ1v) is 8.16. The van der Waals surface area contributed by atoms with Crippen LogP contribution in [0, 0.1) is 6.92 Å². The van der Waals surface area contributed by atoms with E-state index < -0.39 is 9.84 Å². The molecular weight excluding hydrogens is 326 g/mol. The third-order valence-electron chi connectivity index (χ3n) is 2.77. The van der Waals surface area contributed by atoms with Crippen LogP contribution in [-0.4, -0.2) is 8.42 Å². The van der Waals surface area contributed by atoms with Crippen molar-refractivity contribution < 1.29 is 8.42 Å². The fourth-order valence-corrected chi connectivity index (χ4v) is 3.98. The van der Waals surface area contributed by atoms with E-state index in [9.17, 15) is 8.42 Å². The summed E-state index contributed by atoms with van der Waals surface area (Å²) in [5, 5.41) is 0. The summed E-state index contributed by atoms with van der Waals surface area (Å²) in [5.74, 6) is -0.0443. The number of rotatable bonds is 3. The van der Waals surface area contributed by atoms with Crippen LogP contribution in [0.3, 0.4) is 0 Å². The van der Waals surface area contributed by atoms with Gasteiger partial charge in [-0.15, -0.1) is 0 Å². The Morgan fingerprint density at radius 1 is 1.16 bits per heavy atom. The fraction of sp³-hybridized carbons (Fsp3) is 0.143. The van der Waals surface area contributed by atoms with Crippen molar-refractivity contribution in [3.8, 4) is 0 Å². The Bertz CT molecular complexity index is 711. The van der Waals surface area contributed by atoms with E-state index in [1.807, 2.05) is 13.0 Å². The zero-order valence-electron chi connectivity index (χ0n) is 10.4. The number of nitrogen functional groups attached to an aromatic ring is 1. The molecule has 0 aliphatic rings. The van der Waals surface area contributed by atoms with Crippen molar-refractivity contribution in [3.05, 3.63) is 58.1 Å². The van der Waals surface area contributed by atoms with Crippen LogP contribution >= 0.6 is 15.9 Å². The molecule has 5 heteroatoms. The number of benzene rings is 2. The van der Waals surface area contributed by atoms with Crippen molar-refractivity contribution in [1.29, 1.82) is 0 Å². The third kappa shape index (κ3) is 3.36. The quantitative estimate of drug-likeness (QED) is 0.872. The Morgan fingerprint density at radius 3 is 2.53 bits per heavy atom. The van der Waals surface area contributed by atoms with E-state index in [4.69, 9.17) is 5.73 Å². The van der Waals surface area contributed by atoms with Crippen LogP contribution in [0.15, 0.2) is 51.8 Å². The fourth-order valence-electron chi connectivity index (χ4n) is 1.78. The van der Waals surface area contributed by atoms with E-state index in [2.05, 4.69) is 15.9 Å². The summed E-state index contributed by atoms with van der Waals surface area (Å²) in [6.07, 6.45) is 0. The topological polar surface area (TPSA) is 60.2 Å². The SMILES string of the molecule is Cc1cccc(S(=O)(=O)Cc2ccc(N)cc2Br)c1. The number of hydrogen-bond donors (Lipinski definition) is 1. The van der Waals surface area contributed by atoms with E-state index in [-0.39, 0.29) is 5.75 Å². The number of aryl methyl sites for hydroxylation is 1. The Kier molecular flexibility index (Phi) is 3.96. The van der Waals surface area contributed by atoms with Gasteiger partial charge < -0.3 is 5.73 Å². The van der Waals surface area contributed by atoms with Gasteiger partial charge in [-0.05, 0) is 42.3 Å². The molecule has 0 heterocycles. The summed E-state index contributed by atoms with van der Waals surface area (Å²) >= 11 is 3.34. The monoisotopic (exact) mass is 339 g/mol. The normalized spacial score (nSPS) is 11.5. The highest BCUT2D eigenvalue weighted by Crippen LogP contribution is 2.24. The second kappa shape index (κ2) is 5.35. The number of sulfone groups is 1. The van der Waals surface area contributed by atoms with Crippen LogP contribution in [0.4, 0.5) is 5.69 Å². The zero-order valence-corrected chi connectivity index (χ0v) is 12.8. The highest BCUT2D eigenvalue weighted by molar-refractivity contribution is 9.10. The average Bonchev–Trinajstić information content (AvgIpc) is 2.33. The molecule has 0 atom stereocenters. The molecular formula is C14H14BrNO2S. The van der Waals surface area contributed by atoms with Crippen molar-refractivity contribution in [2.75, 3.05) is 5.73 Å². The number of hydrogen-bond acceptors (Lipinski definition) is 3. The van der Waals surface area contributed by atoms with Gasteiger partial charge in [0.25, 0.3) is 0 Å².